The Morgan fingerprint density at radius 2 is 1.83 bits per heavy atom. The van der Waals surface area contributed by atoms with Crippen LogP contribution in [0.5, 0.6) is 5.75 Å². The molecule has 1 N–H and O–H groups in total. The number of benzene rings is 2. The molecular weight excluding hydrogens is 598 g/mol. The molecule has 2 atom stereocenters. The first kappa shape index (κ1) is 29.1. The van der Waals surface area contributed by atoms with Gasteiger partial charge in [0.05, 0.1) is 30.7 Å². The molecule has 0 aliphatic rings. The van der Waals surface area contributed by atoms with E-state index in [1.807, 2.05) is 0 Å². The van der Waals surface area contributed by atoms with E-state index in [9.17, 15) is 22.8 Å². The normalized spacial score (nSPS) is 13.0. The number of anilines is 1. The van der Waals surface area contributed by atoms with Crippen LogP contribution in [0.25, 0.3) is 27.7 Å². The molecule has 15 heteroatoms. The van der Waals surface area contributed by atoms with E-state index in [1.54, 1.807) is 25.1 Å². The molecule has 2 aromatic carbocycles. The number of aromatic nitrogens is 6. The summed E-state index contributed by atoms with van der Waals surface area (Å²) in [5.74, 6) is -0.234. The predicted molar refractivity (Wildman–Crippen MR) is 151 cm³/mol. The third kappa shape index (κ3) is 5.70. The monoisotopic (exact) mass is 619 g/mol. The molecule has 5 aromatic rings. The van der Waals surface area contributed by atoms with Crippen LogP contribution in [0.15, 0.2) is 65.8 Å². The van der Waals surface area contributed by atoms with Crippen molar-refractivity contribution in [2.45, 2.75) is 32.1 Å². The van der Waals surface area contributed by atoms with Crippen LogP contribution >= 0.6 is 23.2 Å². The minimum absolute atomic E-state index is 0.169. The van der Waals surface area contributed by atoms with Gasteiger partial charge >= 0.3 is 0 Å². The van der Waals surface area contributed by atoms with Crippen LogP contribution in [0, 0.1) is 0 Å². The Kier molecular flexibility index (Phi) is 8.23. The van der Waals surface area contributed by atoms with Gasteiger partial charge < -0.3 is 10.1 Å². The van der Waals surface area contributed by atoms with Gasteiger partial charge in [0.1, 0.15) is 11.8 Å². The zero-order valence-electron chi connectivity index (χ0n) is 22.0. The zero-order valence-corrected chi connectivity index (χ0v) is 23.5. The van der Waals surface area contributed by atoms with E-state index in [-0.39, 0.29) is 22.8 Å². The van der Waals surface area contributed by atoms with Gasteiger partial charge in [0.2, 0.25) is 5.91 Å². The van der Waals surface area contributed by atoms with Crippen LogP contribution < -0.4 is 15.6 Å². The SMILES string of the molecule is CCC(C(=O)Nc1ccc2nn(C(F)C(F)F)cc2c1)n1cc(OC)c(-c2cc(Cl)ccc2-n2cc(Cl)nn2)cc1=O. The summed E-state index contributed by atoms with van der Waals surface area (Å²) in [6.07, 6.45) is -1.53. The van der Waals surface area contributed by atoms with E-state index in [4.69, 9.17) is 27.9 Å². The van der Waals surface area contributed by atoms with E-state index in [0.717, 1.165) is 6.20 Å². The average molecular weight is 620 g/mol. The van der Waals surface area contributed by atoms with Crippen molar-refractivity contribution < 1.29 is 22.7 Å². The Balaban J connectivity index is 1.47. The smallest absolute Gasteiger partial charge is 0.289 e. The highest BCUT2D eigenvalue weighted by molar-refractivity contribution is 6.31. The first-order valence-corrected chi connectivity index (χ1v) is 13.3. The molecule has 0 saturated carbocycles. The summed E-state index contributed by atoms with van der Waals surface area (Å²) in [4.78, 5) is 26.7. The zero-order chi connectivity index (χ0) is 30.1. The Morgan fingerprint density at radius 3 is 2.50 bits per heavy atom. The molecule has 0 fully saturated rings. The second-order valence-electron chi connectivity index (χ2n) is 9.15. The van der Waals surface area contributed by atoms with Crippen LogP contribution in [0.4, 0.5) is 18.9 Å². The Labute approximate surface area is 246 Å². The molecule has 3 aromatic heterocycles. The fraction of sp³-hybridized carbons (Fsp3) is 0.222. The van der Waals surface area contributed by atoms with Crippen molar-refractivity contribution in [1.82, 2.24) is 29.3 Å². The largest absolute Gasteiger partial charge is 0.495 e. The molecule has 1 amide bonds. The first-order valence-electron chi connectivity index (χ1n) is 12.5. The molecule has 5 rings (SSSR count). The number of ether oxygens (including phenoxy) is 1. The third-order valence-electron chi connectivity index (χ3n) is 6.50. The third-order valence-corrected chi connectivity index (χ3v) is 6.91. The van der Waals surface area contributed by atoms with E-state index >= 15 is 0 Å². The number of alkyl halides is 3. The van der Waals surface area contributed by atoms with Crippen molar-refractivity contribution >= 4 is 45.7 Å². The number of nitrogens with zero attached hydrogens (tertiary/aromatic N) is 6. The molecule has 42 heavy (non-hydrogen) atoms. The molecule has 0 spiro atoms. The molecule has 10 nitrogen and oxygen atoms in total. The van der Waals surface area contributed by atoms with Crippen LogP contribution in [0.3, 0.4) is 0 Å². The molecular formula is C27H22Cl2F3N7O3. The van der Waals surface area contributed by atoms with Crippen molar-refractivity contribution in [1.29, 1.82) is 0 Å². The summed E-state index contributed by atoms with van der Waals surface area (Å²) in [5, 5.41) is 15.3. The van der Waals surface area contributed by atoms with Gasteiger partial charge in [0.25, 0.3) is 18.3 Å². The number of carbonyl (C=O) groups excluding carboxylic acids is 1. The number of fused-ring (bicyclic) bond motifs is 1. The van der Waals surface area contributed by atoms with Gasteiger partial charge in [-0.25, -0.2) is 22.5 Å². The van der Waals surface area contributed by atoms with Gasteiger partial charge in [-0.2, -0.15) is 5.10 Å². The lowest BCUT2D eigenvalue weighted by molar-refractivity contribution is -0.119. The lowest BCUT2D eigenvalue weighted by Crippen LogP contribution is -2.32. The van der Waals surface area contributed by atoms with Crippen molar-refractivity contribution in [3.8, 4) is 22.6 Å². The topological polar surface area (TPSA) is 109 Å². The molecule has 0 aliphatic heterocycles. The second kappa shape index (κ2) is 11.9. The standard InChI is InChI=1S/C27H22Cl2F3N7O3/c1-3-20(27(41)33-16-5-6-19-14(8-16)11-39(35-19)26(32)25(30)31)37-12-22(42-2)18(10-24(37)40)17-9-15(28)4-7-21(17)38-13-23(29)34-36-38/h4-13,20,25-26H,3H2,1-2H3,(H,33,41). The number of methoxy groups -OCH3 is 1. The van der Waals surface area contributed by atoms with Crippen LogP contribution in [0.1, 0.15) is 25.7 Å². The highest BCUT2D eigenvalue weighted by Gasteiger charge is 2.25. The van der Waals surface area contributed by atoms with Crippen LogP contribution in [0.2, 0.25) is 10.2 Å². The van der Waals surface area contributed by atoms with E-state index in [2.05, 4.69) is 20.7 Å². The number of nitrogens with one attached hydrogen (secondary N) is 1. The number of hydrogen-bond donors (Lipinski definition) is 1. The van der Waals surface area contributed by atoms with Crippen LogP contribution in [-0.2, 0) is 4.79 Å². The Morgan fingerprint density at radius 1 is 1.05 bits per heavy atom. The maximum absolute atomic E-state index is 13.7. The summed E-state index contributed by atoms with van der Waals surface area (Å²) >= 11 is 12.2. The molecule has 0 aliphatic carbocycles. The summed E-state index contributed by atoms with van der Waals surface area (Å²) in [6, 6.07) is 9.82. The Bertz CT molecular complexity index is 1840. The van der Waals surface area contributed by atoms with E-state index in [1.165, 1.54) is 53.0 Å². The van der Waals surface area contributed by atoms with E-state index in [0.29, 0.717) is 37.6 Å². The predicted octanol–water partition coefficient (Wildman–Crippen LogP) is 6.08. The number of rotatable bonds is 9. The molecule has 3 heterocycles. The van der Waals surface area contributed by atoms with Gasteiger partial charge in [-0.3, -0.25) is 14.2 Å². The number of carbonyl (C=O) groups is 1. The van der Waals surface area contributed by atoms with Crippen molar-refractivity contribution in [2.75, 3.05) is 12.4 Å². The summed E-state index contributed by atoms with van der Waals surface area (Å²) in [7, 11) is 1.43. The fourth-order valence-electron chi connectivity index (χ4n) is 4.53. The molecule has 0 saturated heterocycles. The minimum Gasteiger partial charge on any atom is -0.495 e. The molecule has 0 bridgehead atoms. The highest BCUT2D eigenvalue weighted by Crippen LogP contribution is 2.35. The first-order chi connectivity index (χ1) is 20.1. The number of pyridine rings is 1. The summed E-state index contributed by atoms with van der Waals surface area (Å²) in [5.41, 5.74) is 1.53. The lowest BCUT2D eigenvalue weighted by Gasteiger charge is -2.20. The average Bonchev–Trinajstić information content (AvgIpc) is 3.59. The quantitative estimate of drug-likeness (QED) is 0.214. The second-order valence-corrected chi connectivity index (χ2v) is 9.98. The van der Waals surface area contributed by atoms with E-state index < -0.39 is 30.2 Å². The maximum atomic E-state index is 13.7. The molecule has 2 unspecified atom stereocenters. The van der Waals surface area contributed by atoms with Gasteiger partial charge in [-0.05, 0) is 42.8 Å². The summed E-state index contributed by atoms with van der Waals surface area (Å²) < 4.78 is 48.1. The highest BCUT2D eigenvalue weighted by atomic mass is 35.5. The molecule has 218 valence electrons. The van der Waals surface area contributed by atoms with Crippen molar-refractivity contribution in [3.05, 3.63) is 81.6 Å². The van der Waals surface area contributed by atoms with Gasteiger partial charge in [-0.1, -0.05) is 35.3 Å². The fourth-order valence-corrected chi connectivity index (χ4v) is 4.83. The number of halogens is 5. The van der Waals surface area contributed by atoms with Crippen LogP contribution in [-0.4, -0.2) is 48.8 Å². The van der Waals surface area contributed by atoms with Gasteiger partial charge in [-0.15, -0.1) is 5.10 Å². The number of hydrogen-bond acceptors (Lipinski definition) is 6. The summed E-state index contributed by atoms with van der Waals surface area (Å²) in [6.45, 7) is 1.74. The minimum atomic E-state index is -3.24. The lowest BCUT2D eigenvalue weighted by atomic mass is 10.0. The van der Waals surface area contributed by atoms with Gasteiger partial charge in [0.15, 0.2) is 5.15 Å². The van der Waals surface area contributed by atoms with Gasteiger partial charge in [0, 0.05) is 39.5 Å². The molecule has 0 radical (unpaired) electrons. The van der Waals surface area contributed by atoms with Crippen molar-refractivity contribution in [3.63, 3.8) is 0 Å². The maximum Gasteiger partial charge on any atom is 0.289 e. The number of amides is 1. The van der Waals surface area contributed by atoms with Crippen molar-refractivity contribution in [2.24, 2.45) is 0 Å². The Hall–Kier alpha value is -4.36.